The molecule has 0 fully saturated rings. The number of carbonyl (C=O) groups is 3. The minimum atomic E-state index is -1.26. The zero-order valence-electron chi connectivity index (χ0n) is 19.4. The fourth-order valence-electron chi connectivity index (χ4n) is 4.20. The first kappa shape index (κ1) is 24.3. The van der Waals surface area contributed by atoms with Crippen LogP contribution in [0.25, 0.3) is 11.1 Å². The Kier molecular flexibility index (Phi) is 7.74. The van der Waals surface area contributed by atoms with Crippen LogP contribution in [-0.2, 0) is 14.3 Å². The summed E-state index contributed by atoms with van der Waals surface area (Å²) in [6.45, 7) is 5.29. The van der Waals surface area contributed by atoms with Crippen LogP contribution in [0.4, 0.5) is 4.79 Å². The van der Waals surface area contributed by atoms with E-state index < -0.39 is 29.6 Å². The number of carboxylic acids is 1. The summed E-state index contributed by atoms with van der Waals surface area (Å²) in [6, 6.07) is 15.6. The number of fused-ring (bicyclic) bond motifs is 3. The van der Waals surface area contributed by atoms with Crippen LogP contribution in [-0.4, -0.2) is 41.3 Å². The Morgan fingerprint density at radius 2 is 1.61 bits per heavy atom. The van der Waals surface area contributed by atoms with E-state index in [2.05, 4.69) is 22.8 Å². The lowest BCUT2D eigenvalue weighted by Crippen LogP contribution is -2.57. The molecule has 0 radical (unpaired) electrons. The molecular formula is C26H32N2O5. The molecule has 0 heterocycles. The normalized spacial score (nSPS) is 13.5. The SMILES string of the molecule is CCCCC(CC(=O)O)NC(=O)C(C)(C)NC(=O)OCC1c2ccccc2-c2ccccc21. The van der Waals surface area contributed by atoms with Crippen molar-refractivity contribution in [3.05, 3.63) is 59.7 Å². The predicted octanol–water partition coefficient (Wildman–Crippen LogP) is 4.45. The van der Waals surface area contributed by atoms with Gasteiger partial charge in [-0.25, -0.2) is 4.79 Å². The van der Waals surface area contributed by atoms with Crippen molar-refractivity contribution < 1.29 is 24.2 Å². The molecule has 1 aliphatic carbocycles. The molecule has 2 amide bonds. The summed E-state index contributed by atoms with van der Waals surface area (Å²) < 4.78 is 5.54. The van der Waals surface area contributed by atoms with E-state index in [0.29, 0.717) is 6.42 Å². The summed E-state index contributed by atoms with van der Waals surface area (Å²) >= 11 is 0. The lowest BCUT2D eigenvalue weighted by molar-refractivity contribution is -0.138. The van der Waals surface area contributed by atoms with Crippen LogP contribution in [0, 0.1) is 0 Å². The molecule has 3 rings (SSSR count). The highest BCUT2D eigenvalue weighted by molar-refractivity contribution is 5.89. The third-order valence-corrected chi connectivity index (χ3v) is 5.99. The van der Waals surface area contributed by atoms with Crippen molar-refractivity contribution in [1.82, 2.24) is 10.6 Å². The van der Waals surface area contributed by atoms with Crippen molar-refractivity contribution in [3.63, 3.8) is 0 Å². The number of unbranched alkanes of at least 4 members (excludes halogenated alkanes) is 1. The van der Waals surface area contributed by atoms with E-state index in [1.54, 1.807) is 13.8 Å². The van der Waals surface area contributed by atoms with Gasteiger partial charge in [0.25, 0.3) is 0 Å². The highest BCUT2D eigenvalue weighted by Crippen LogP contribution is 2.44. The Bertz CT molecular complexity index is 972. The van der Waals surface area contributed by atoms with Gasteiger partial charge in [0.05, 0.1) is 6.42 Å². The van der Waals surface area contributed by atoms with Gasteiger partial charge in [-0.2, -0.15) is 0 Å². The van der Waals surface area contributed by atoms with E-state index >= 15 is 0 Å². The minimum Gasteiger partial charge on any atom is -0.481 e. The van der Waals surface area contributed by atoms with Crippen molar-refractivity contribution in [2.24, 2.45) is 0 Å². The number of carbonyl (C=O) groups excluding carboxylic acids is 2. The molecule has 1 aliphatic rings. The Labute approximate surface area is 194 Å². The molecule has 0 saturated heterocycles. The molecule has 7 nitrogen and oxygen atoms in total. The zero-order chi connectivity index (χ0) is 24.0. The first-order chi connectivity index (χ1) is 15.7. The maximum Gasteiger partial charge on any atom is 0.408 e. The number of aliphatic carboxylic acids is 1. The van der Waals surface area contributed by atoms with Crippen molar-refractivity contribution in [2.45, 2.75) is 64.0 Å². The summed E-state index contributed by atoms with van der Waals surface area (Å²) in [5, 5.41) is 14.5. The van der Waals surface area contributed by atoms with Gasteiger partial charge in [-0.15, -0.1) is 0 Å². The van der Waals surface area contributed by atoms with Crippen LogP contribution in [0.3, 0.4) is 0 Å². The molecule has 0 aromatic heterocycles. The first-order valence-corrected chi connectivity index (χ1v) is 11.4. The number of hydrogen-bond donors (Lipinski definition) is 3. The van der Waals surface area contributed by atoms with Gasteiger partial charge in [-0.1, -0.05) is 68.3 Å². The number of alkyl carbamates (subject to hydrolysis) is 1. The smallest absolute Gasteiger partial charge is 0.408 e. The number of benzene rings is 2. The summed E-state index contributed by atoms with van der Waals surface area (Å²) in [6.07, 6.45) is 1.41. The van der Waals surface area contributed by atoms with Crippen molar-refractivity contribution >= 4 is 18.0 Å². The van der Waals surface area contributed by atoms with Gasteiger partial charge >= 0.3 is 12.1 Å². The van der Waals surface area contributed by atoms with Gasteiger partial charge in [0.2, 0.25) is 5.91 Å². The molecule has 0 saturated carbocycles. The summed E-state index contributed by atoms with van der Waals surface area (Å²) in [5.74, 6) is -1.49. The monoisotopic (exact) mass is 452 g/mol. The Morgan fingerprint density at radius 1 is 1.03 bits per heavy atom. The average molecular weight is 453 g/mol. The van der Waals surface area contributed by atoms with Gasteiger partial charge in [-0.05, 0) is 42.5 Å². The molecule has 0 bridgehead atoms. The maximum atomic E-state index is 12.8. The van der Waals surface area contributed by atoms with E-state index in [-0.39, 0.29) is 18.9 Å². The molecule has 1 unspecified atom stereocenters. The predicted molar refractivity (Wildman–Crippen MR) is 126 cm³/mol. The molecule has 2 aromatic carbocycles. The number of nitrogens with one attached hydrogen (secondary N) is 2. The van der Waals surface area contributed by atoms with Crippen LogP contribution >= 0.6 is 0 Å². The number of amides is 2. The van der Waals surface area contributed by atoms with Gasteiger partial charge in [0.15, 0.2) is 0 Å². The zero-order valence-corrected chi connectivity index (χ0v) is 19.4. The molecule has 0 aliphatic heterocycles. The highest BCUT2D eigenvalue weighted by Gasteiger charge is 2.33. The van der Waals surface area contributed by atoms with Gasteiger partial charge in [-0.3, -0.25) is 9.59 Å². The Hall–Kier alpha value is -3.35. The third kappa shape index (κ3) is 5.92. The van der Waals surface area contributed by atoms with E-state index in [9.17, 15) is 14.4 Å². The third-order valence-electron chi connectivity index (χ3n) is 5.99. The van der Waals surface area contributed by atoms with E-state index in [1.807, 2.05) is 43.3 Å². The van der Waals surface area contributed by atoms with Crippen LogP contribution in [0.15, 0.2) is 48.5 Å². The molecule has 3 N–H and O–H groups in total. The van der Waals surface area contributed by atoms with Crippen LogP contribution < -0.4 is 10.6 Å². The average Bonchev–Trinajstić information content (AvgIpc) is 3.09. The van der Waals surface area contributed by atoms with Crippen LogP contribution in [0.2, 0.25) is 0 Å². The molecule has 1 atom stereocenters. The van der Waals surface area contributed by atoms with E-state index in [1.165, 1.54) is 0 Å². The summed E-state index contributed by atoms with van der Waals surface area (Å²) in [4.78, 5) is 36.5. The van der Waals surface area contributed by atoms with Gasteiger partial charge in [0, 0.05) is 12.0 Å². The lowest BCUT2D eigenvalue weighted by Gasteiger charge is -2.28. The quantitative estimate of drug-likeness (QED) is 0.494. The van der Waals surface area contributed by atoms with Gasteiger partial charge in [0.1, 0.15) is 12.1 Å². The van der Waals surface area contributed by atoms with E-state index in [4.69, 9.17) is 9.84 Å². The first-order valence-electron chi connectivity index (χ1n) is 11.4. The minimum absolute atomic E-state index is 0.0749. The summed E-state index contributed by atoms with van der Waals surface area (Å²) in [5.41, 5.74) is 3.23. The molecule has 0 spiro atoms. The second-order valence-corrected chi connectivity index (χ2v) is 8.99. The van der Waals surface area contributed by atoms with Crippen molar-refractivity contribution in [3.8, 4) is 11.1 Å². The number of ether oxygens (including phenoxy) is 1. The highest BCUT2D eigenvalue weighted by atomic mass is 16.5. The number of hydrogen-bond acceptors (Lipinski definition) is 4. The molecule has 2 aromatic rings. The largest absolute Gasteiger partial charge is 0.481 e. The van der Waals surface area contributed by atoms with Gasteiger partial charge < -0.3 is 20.5 Å². The fourth-order valence-corrected chi connectivity index (χ4v) is 4.20. The maximum absolute atomic E-state index is 12.8. The molecular weight excluding hydrogens is 420 g/mol. The lowest BCUT2D eigenvalue weighted by atomic mass is 9.98. The molecule has 176 valence electrons. The fraction of sp³-hybridized carbons (Fsp3) is 0.423. The topological polar surface area (TPSA) is 105 Å². The number of carboxylic acid groups (broad SMARTS) is 1. The second kappa shape index (κ2) is 10.5. The second-order valence-electron chi connectivity index (χ2n) is 8.99. The Balaban J connectivity index is 1.61. The Morgan fingerprint density at radius 3 is 2.15 bits per heavy atom. The van der Waals surface area contributed by atoms with E-state index in [0.717, 1.165) is 35.1 Å². The molecule has 7 heteroatoms. The molecule has 33 heavy (non-hydrogen) atoms. The van der Waals surface area contributed by atoms with Crippen molar-refractivity contribution in [1.29, 1.82) is 0 Å². The van der Waals surface area contributed by atoms with Crippen LogP contribution in [0.1, 0.15) is 63.5 Å². The van der Waals surface area contributed by atoms with Crippen LogP contribution in [0.5, 0.6) is 0 Å². The number of rotatable bonds is 10. The summed E-state index contributed by atoms with van der Waals surface area (Å²) in [7, 11) is 0. The van der Waals surface area contributed by atoms with Crippen molar-refractivity contribution in [2.75, 3.05) is 6.61 Å². The standard InChI is InChI=1S/C26H32N2O5/c1-4-5-10-17(15-23(29)30)27-24(31)26(2,3)28-25(32)33-16-22-20-13-8-6-11-18(20)19-12-7-9-14-21(19)22/h6-9,11-14,17,22H,4-5,10,15-16H2,1-3H3,(H,27,31)(H,28,32)(H,29,30).